The van der Waals surface area contributed by atoms with E-state index in [1.165, 1.54) is 18.2 Å². The standard InChI is InChI=1S/C26H30O14/c27-8-18-20(32)21(33)22(40-25-23(34)26(35,9-28)10-36-25)24(39-18)37-13-5-14(30)19-15(31)7-16(38-17(19)6-13)11-1-3-12(29)4-2-11/h1-6,16,18,20-25,27-30,32-35H,7-10H2. The Balaban J connectivity index is 1.41. The molecule has 0 spiro atoms. The summed E-state index contributed by atoms with van der Waals surface area (Å²) in [6.07, 6.45) is -11.9. The highest BCUT2D eigenvalue weighted by Crippen LogP contribution is 2.43. The number of aliphatic hydroxyl groups is 6. The minimum atomic E-state index is -2.03. The van der Waals surface area contributed by atoms with Crippen LogP contribution in [0.3, 0.4) is 0 Å². The molecule has 2 aromatic rings. The number of hydrogen-bond acceptors (Lipinski definition) is 14. The third-order valence-corrected chi connectivity index (χ3v) is 7.19. The SMILES string of the molecule is O=C1CC(c2ccc(O)cc2)Oc2cc(OC3OC(CO)C(O)C(O)C3OC3OCC(O)(CO)C3O)cc(O)c21. The van der Waals surface area contributed by atoms with Crippen molar-refractivity contribution in [1.82, 2.24) is 0 Å². The molecule has 3 heterocycles. The van der Waals surface area contributed by atoms with E-state index in [9.17, 15) is 45.6 Å². The molecule has 218 valence electrons. The molecule has 3 aliphatic rings. The molecular formula is C26H30O14. The summed E-state index contributed by atoms with van der Waals surface area (Å²) in [5.74, 6) is -0.944. The van der Waals surface area contributed by atoms with Crippen LogP contribution < -0.4 is 9.47 Å². The zero-order valence-electron chi connectivity index (χ0n) is 20.9. The van der Waals surface area contributed by atoms with E-state index >= 15 is 0 Å². The van der Waals surface area contributed by atoms with Crippen LogP contribution in [0.5, 0.6) is 23.0 Å². The van der Waals surface area contributed by atoms with Gasteiger partial charge in [-0.1, -0.05) is 12.1 Å². The molecular weight excluding hydrogens is 536 g/mol. The maximum absolute atomic E-state index is 12.8. The summed E-state index contributed by atoms with van der Waals surface area (Å²) < 4.78 is 28.2. The number of aliphatic hydroxyl groups excluding tert-OH is 5. The number of phenolic OH excluding ortho intramolecular Hbond substituents is 2. The van der Waals surface area contributed by atoms with Gasteiger partial charge in [0.2, 0.25) is 6.29 Å². The molecule has 14 heteroatoms. The van der Waals surface area contributed by atoms with Crippen molar-refractivity contribution in [2.24, 2.45) is 0 Å². The molecule has 0 aromatic heterocycles. The molecule has 5 rings (SSSR count). The number of aromatic hydroxyl groups is 2. The van der Waals surface area contributed by atoms with Gasteiger partial charge in [0.15, 0.2) is 18.2 Å². The minimum absolute atomic E-state index is 0.0144. The summed E-state index contributed by atoms with van der Waals surface area (Å²) in [5.41, 5.74) is -1.50. The van der Waals surface area contributed by atoms with E-state index < -0.39 is 86.2 Å². The molecule has 0 bridgehead atoms. The van der Waals surface area contributed by atoms with Gasteiger partial charge in [-0.15, -0.1) is 0 Å². The van der Waals surface area contributed by atoms with Crippen LogP contribution >= 0.6 is 0 Å². The fourth-order valence-electron chi connectivity index (χ4n) is 4.85. The first kappa shape index (κ1) is 28.5. The number of phenols is 2. The molecule has 3 aliphatic heterocycles. The molecule has 2 aromatic carbocycles. The van der Waals surface area contributed by atoms with Crippen LogP contribution in [0, 0.1) is 0 Å². The summed E-state index contributed by atoms with van der Waals surface area (Å²) in [6, 6.07) is 8.49. The van der Waals surface area contributed by atoms with Crippen molar-refractivity contribution in [2.45, 2.75) is 61.2 Å². The van der Waals surface area contributed by atoms with E-state index in [2.05, 4.69) is 0 Å². The molecule has 9 unspecified atom stereocenters. The fourth-order valence-corrected chi connectivity index (χ4v) is 4.85. The monoisotopic (exact) mass is 566 g/mol. The van der Waals surface area contributed by atoms with Crippen molar-refractivity contribution in [3.05, 3.63) is 47.5 Å². The largest absolute Gasteiger partial charge is 0.508 e. The van der Waals surface area contributed by atoms with E-state index in [0.717, 1.165) is 6.07 Å². The van der Waals surface area contributed by atoms with Crippen LogP contribution in [0.4, 0.5) is 0 Å². The third-order valence-electron chi connectivity index (χ3n) is 7.19. The molecule has 0 radical (unpaired) electrons. The van der Waals surface area contributed by atoms with Crippen molar-refractivity contribution in [3.8, 4) is 23.0 Å². The van der Waals surface area contributed by atoms with E-state index in [4.69, 9.17) is 23.7 Å². The predicted octanol–water partition coefficient (Wildman–Crippen LogP) is -1.55. The number of rotatable bonds is 7. The lowest BCUT2D eigenvalue weighted by molar-refractivity contribution is -0.318. The van der Waals surface area contributed by atoms with E-state index in [-0.39, 0.29) is 29.2 Å². The lowest BCUT2D eigenvalue weighted by Crippen LogP contribution is -2.62. The predicted molar refractivity (Wildman–Crippen MR) is 130 cm³/mol. The highest BCUT2D eigenvalue weighted by atomic mass is 16.8. The lowest BCUT2D eigenvalue weighted by Gasteiger charge is -2.42. The minimum Gasteiger partial charge on any atom is -0.508 e. The van der Waals surface area contributed by atoms with E-state index in [1.54, 1.807) is 12.1 Å². The van der Waals surface area contributed by atoms with Crippen LogP contribution in [0.15, 0.2) is 36.4 Å². The number of benzene rings is 2. The zero-order valence-corrected chi connectivity index (χ0v) is 20.9. The van der Waals surface area contributed by atoms with Crippen molar-refractivity contribution >= 4 is 5.78 Å². The van der Waals surface area contributed by atoms with Gasteiger partial charge in [-0.25, -0.2) is 0 Å². The maximum atomic E-state index is 12.8. The Hall–Kier alpha value is -3.05. The lowest BCUT2D eigenvalue weighted by atomic mass is 9.95. The molecule has 40 heavy (non-hydrogen) atoms. The maximum Gasteiger partial charge on any atom is 0.229 e. The van der Waals surface area contributed by atoms with Crippen LogP contribution in [0.2, 0.25) is 0 Å². The average Bonchev–Trinajstić information content (AvgIpc) is 3.21. The smallest absolute Gasteiger partial charge is 0.229 e. The molecule has 8 N–H and O–H groups in total. The molecule has 2 saturated heterocycles. The van der Waals surface area contributed by atoms with E-state index in [1.807, 2.05) is 0 Å². The Kier molecular flexibility index (Phi) is 7.89. The first-order valence-electron chi connectivity index (χ1n) is 12.5. The fraction of sp³-hybridized carbons (Fsp3) is 0.500. The summed E-state index contributed by atoms with van der Waals surface area (Å²) >= 11 is 0. The average molecular weight is 567 g/mol. The zero-order chi connectivity index (χ0) is 28.8. The molecule has 0 amide bonds. The van der Waals surface area contributed by atoms with Gasteiger partial charge in [-0.2, -0.15) is 0 Å². The Bertz CT molecular complexity index is 1220. The molecule has 0 aliphatic carbocycles. The molecule has 14 nitrogen and oxygen atoms in total. The normalized spacial score (nSPS) is 35.7. The Morgan fingerprint density at radius 2 is 1.73 bits per heavy atom. The van der Waals surface area contributed by atoms with Crippen molar-refractivity contribution in [3.63, 3.8) is 0 Å². The second-order valence-electron chi connectivity index (χ2n) is 9.95. The highest BCUT2D eigenvalue weighted by Gasteiger charge is 2.53. The van der Waals surface area contributed by atoms with Gasteiger partial charge in [-0.05, 0) is 17.7 Å². The van der Waals surface area contributed by atoms with Crippen LogP contribution in [-0.4, -0.2) is 115 Å². The van der Waals surface area contributed by atoms with Gasteiger partial charge >= 0.3 is 0 Å². The number of carbonyl (C=O) groups excluding carboxylic acids is 1. The second kappa shape index (κ2) is 11.1. The summed E-state index contributed by atoms with van der Waals surface area (Å²) in [4.78, 5) is 12.8. The van der Waals surface area contributed by atoms with E-state index in [0.29, 0.717) is 5.56 Å². The van der Waals surface area contributed by atoms with Crippen LogP contribution in [0.25, 0.3) is 0 Å². The molecule has 0 saturated carbocycles. The first-order valence-corrected chi connectivity index (χ1v) is 12.5. The summed E-state index contributed by atoms with van der Waals surface area (Å²) in [6.45, 7) is -2.04. The van der Waals surface area contributed by atoms with Crippen molar-refractivity contribution in [2.75, 3.05) is 19.8 Å². The number of ether oxygens (including phenoxy) is 5. The number of Topliss-reactive ketones (excluding diaryl/α,β-unsaturated/α-hetero) is 1. The Labute approximate surface area is 227 Å². The first-order chi connectivity index (χ1) is 19.0. The number of ketones is 1. The number of carbonyl (C=O) groups is 1. The van der Waals surface area contributed by atoms with Gasteiger partial charge < -0.3 is 64.5 Å². The second-order valence-corrected chi connectivity index (χ2v) is 9.95. The Morgan fingerprint density at radius 3 is 2.38 bits per heavy atom. The molecule has 2 fully saturated rings. The highest BCUT2D eigenvalue weighted by molar-refractivity contribution is 6.02. The van der Waals surface area contributed by atoms with Crippen LogP contribution in [0.1, 0.15) is 28.4 Å². The van der Waals surface area contributed by atoms with Gasteiger partial charge in [-0.3, -0.25) is 4.79 Å². The van der Waals surface area contributed by atoms with Gasteiger partial charge in [0, 0.05) is 12.1 Å². The Morgan fingerprint density at radius 1 is 1.00 bits per heavy atom. The molecule has 9 atom stereocenters. The number of fused-ring (bicyclic) bond motifs is 1. The summed E-state index contributed by atoms with van der Waals surface area (Å²) in [5, 5.41) is 81.0. The van der Waals surface area contributed by atoms with Gasteiger partial charge in [0.1, 0.15) is 64.7 Å². The summed E-state index contributed by atoms with van der Waals surface area (Å²) in [7, 11) is 0. The van der Waals surface area contributed by atoms with Crippen molar-refractivity contribution < 1.29 is 69.3 Å². The van der Waals surface area contributed by atoms with Crippen molar-refractivity contribution in [1.29, 1.82) is 0 Å². The van der Waals surface area contributed by atoms with Gasteiger partial charge in [0.05, 0.1) is 26.2 Å². The van der Waals surface area contributed by atoms with Gasteiger partial charge in [0.25, 0.3) is 0 Å². The third kappa shape index (κ3) is 5.21. The topological polar surface area (TPSA) is 225 Å². The van der Waals surface area contributed by atoms with Crippen LogP contribution in [-0.2, 0) is 14.2 Å². The quantitative estimate of drug-likeness (QED) is 0.190. The number of hydrogen-bond donors (Lipinski definition) is 8.